The van der Waals surface area contributed by atoms with E-state index in [2.05, 4.69) is 15.0 Å². The number of hydrogen-bond donors (Lipinski definition) is 2. The zero-order valence-corrected chi connectivity index (χ0v) is 6.98. The normalized spacial score (nSPS) is 12.8. The Labute approximate surface area is 70.0 Å². The van der Waals surface area contributed by atoms with Gasteiger partial charge < -0.3 is 16.2 Å². The van der Waals surface area contributed by atoms with Gasteiger partial charge in [0.05, 0.1) is 0 Å². The molecular weight excluding hydrogens is 158 g/mol. The molecule has 66 valence electrons. The van der Waals surface area contributed by atoms with Crippen molar-refractivity contribution in [2.45, 2.75) is 13.0 Å². The van der Waals surface area contributed by atoms with Gasteiger partial charge >= 0.3 is 0 Å². The second-order valence-corrected chi connectivity index (χ2v) is 2.29. The molecule has 6 nitrogen and oxygen atoms in total. The van der Waals surface area contributed by atoms with E-state index in [-0.39, 0.29) is 18.0 Å². The molecule has 6 heteroatoms. The number of aromatic nitrogens is 3. The van der Waals surface area contributed by atoms with Crippen LogP contribution in [0.4, 0.5) is 11.9 Å². The minimum Gasteiger partial charge on any atom is -0.374 e. The van der Waals surface area contributed by atoms with Gasteiger partial charge in [0.2, 0.25) is 11.9 Å². The van der Waals surface area contributed by atoms with Crippen LogP contribution in [0.15, 0.2) is 0 Å². The van der Waals surface area contributed by atoms with Gasteiger partial charge in [-0.15, -0.1) is 0 Å². The Kier molecular flexibility index (Phi) is 2.39. The molecule has 0 saturated carbocycles. The molecule has 1 aromatic heterocycles. The topological polar surface area (TPSA) is 99.9 Å². The Bertz CT molecular complexity index is 256. The summed E-state index contributed by atoms with van der Waals surface area (Å²) in [5.74, 6) is 0.672. The fraction of sp³-hybridized carbons (Fsp3) is 0.500. The highest BCUT2D eigenvalue weighted by Gasteiger charge is 2.08. The SMILES string of the molecule is COC(C)c1nc(N)nc(N)n1. The number of nitrogens with two attached hydrogens (primary N) is 2. The Balaban J connectivity index is 3.00. The molecule has 1 aromatic rings. The Morgan fingerprint density at radius 2 is 1.67 bits per heavy atom. The van der Waals surface area contributed by atoms with E-state index in [0.717, 1.165) is 0 Å². The lowest BCUT2D eigenvalue weighted by Crippen LogP contribution is -2.09. The average molecular weight is 169 g/mol. The second-order valence-electron chi connectivity index (χ2n) is 2.29. The summed E-state index contributed by atoms with van der Waals surface area (Å²) < 4.78 is 4.98. The Hall–Kier alpha value is -1.43. The van der Waals surface area contributed by atoms with Gasteiger partial charge in [0.15, 0.2) is 5.82 Å². The maximum atomic E-state index is 5.35. The van der Waals surface area contributed by atoms with E-state index in [9.17, 15) is 0 Å². The third-order valence-electron chi connectivity index (χ3n) is 1.40. The zero-order valence-electron chi connectivity index (χ0n) is 6.98. The van der Waals surface area contributed by atoms with E-state index in [1.54, 1.807) is 14.0 Å². The lowest BCUT2D eigenvalue weighted by Gasteiger charge is -2.07. The largest absolute Gasteiger partial charge is 0.374 e. The third-order valence-corrected chi connectivity index (χ3v) is 1.40. The van der Waals surface area contributed by atoms with Crippen LogP contribution in [0.25, 0.3) is 0 Å². The van der Waals surface area contributed by atoms with Crippen molar-refractivity contribution in [2.24, 2.45) is 0 Å². The van der Waals surface area contributed by atoms with Crippen molar-refractivity contribution in [3.8, 4) is 0 Å². The number of anilines is 2. The van der Waals surface area contributed by atoms with Crippen LogP contribution in [0.1, 0.15) is 18.9 Å². The molecule has 4 N–H and O–H groups in total. The summed E-state index contributed by atoms with van der Waals surface area (Å²) in [7, 11) is 1.56. The van der Waals surface area contributed by atoms with Gasteiger partial charge in [0, 0.05) is 7.11 Å². The molecule has 1 heterocycles. The molecule has 0 spiro atoms. The molecule has 0 bridgehead atoms. The van der Waals surface area contributed by atoms with Crippen LogP contribution in [0.3, 0.4) is 0 Å². The number of ether oxygens (including phenoxy) is 1. The molecule has 0 radical (unpaired) electrons. The predicted molar refractivity (Wildman–Crippen MR) is 44.1 cm³/mol. The van der Waals surface area contributed by atoms with Gasteiger partial charge in [-0.1, -0.05) is 0 Å². The van der Waals surface area contributed by atoms with Crippen LogP contribution in [0, 0.1) is 0 Å². The lowest BCUT2D eigenvalue weighted by molar-refractivity contribution is 0.112. The smallest absolute Gasteiger partial charge is 0.225 e. The number of rotatable bonds is 2. The van der Waals surface area contributed by atoms with Gasteiger partial charge in [-0.3, -0.25) is 0 Å². The summed E-state index contributed by atoms with van der Waals surface area (Å²) in [6.45, 7) is 1.80. The molecule has 0 aliphatic heterocycles. The Morgan fingerprint density at radius 1 is 1.17 bits per heavy atom. The van der Waals surface area contributed by atoms with E-state index in [1.165, 1.54) is 0 Å². The molecule has 0 saturated heterocycles. The molecule has 1 unspecified atom stereocenters. The minimum atomic E-state index is -0.224. The van der Waals surface area contributed by atoms with Crippen molar-refractivity contribution in [1.82, 2.24) is 15.0 Å². The van der Waals surface area contributed by atoms with E-state index in [1.807, 2.05) is 0 Å². The van der Waals surface area contributed by atoms with Crippen LogP contribution < -0.4 is 11.5 Å². The fourth-order valence-electron chi connectivity index (χ4n) is 0.714. The van der Waals surface area contributed by atoms with Crippen molar-refractivity contribution in [1.29, 1.82) is 0 Å². The van der Waals surface area contributed by atoms with Gasteiger partial charge in [-0.25, -0.2) is 0 Å². The first-order chi connectivity index (χ1) is 5.63. The molecule has 12 heavy (non-hydrogen) atoms. The second kappa shape index (κ2) is 3.31. The maximum absolute atomic E-state index is 5.35. The summed E-state index contributed by atoms with van der Waals surface area (Å²) in [4.78, 5) is 11.3. The highest BCUT2D eigenvalue weighted by atomic mass is 16.5. The first-order valence-corrected chi connectivity index (χ1v) is 3.43. The van der Waals surface area contributed by atoms with Gasteiger partial charge in [-0.2, -0.15) is 15.0 Å². The van der Waals surface area contributed by atoms with Crippen LogP contribution in [0.2, 0.25) is 0 Å². The van der Waals surface area contributed by atoms with E-state index in [4.69, 9.17) is 16.2 Å². The highest BCUT2D eigenvalue weighted by Crippen LogP contribution is 2.11. The standard InChI is InChI=1S/C6H11N5O/c1-3(12-2)4-9-5(7)11-6(8)10-4/h3H,1-2H3,(H4,7,8,9,10,11). The first-order valence-electron chi connectivity index (χ1n) is 3.43. The summed E-state index contributed by atoms with van der Waals surface area (Å²) in [6, 6.07) is 0. The molecule has 0 fully saturated rings. The lowest BCUT2D eigenvalue weighted by atomic mass is 10.4. The maximum Gasteiger partial charge on any atom is 0.225 e. The van der Waals surface area contributed by atoms with Crippen molar-refractivity contribution in [3.63, 3.8) is 0 Å². The summed E-state index contributed by atoms with van der Waals surface area (Å²) >= 11 is 0. The van der Waals surface area contributed by atoms with E-state index >= 15 is 0 Å². The molecular formula is C6H11N5O. The van der Waals surface area contributed by atoms with E-state index < -0.39 is 0 Å². The van der Waals surface area contributed by atoms with Crippen molar-refractivity contribution in [3.05, 3.63) is 5.82 Å². The van der Waals surface area contributed by atoms with Crippen LogP contribution in [-0.2, 0) is 4.74 Å². The van der Waals surface area contributed by atoms with Crippen LogP contribution in [0.5, 0.6) is 0 Å². The molecule has 0 amide bonds. The summed E-state index contributed by atoms with van der Waals surface area (Å²) in [5, 5.41) is 0. The molecule has 1 atom stereocenters. The molecule has 1 rings (SSSR count). The summed E-state index contributed by atoms with van der Waals surface area (Å²) in [6.07, 6.45) is -0.224. The number of nitrogens with zero attached hydrogens (tertiary/aromatic N) is 3. The quantitative estimate of drug-likeness (QED) is 0.632. The summed E-state index contributed by atoms with van der Waals surface area (Å²) in [5.41, 5.74) is 10.7. The zero-order chi connectivity index (χ0) is 9.14. The predicted octanol–water partition coefficient (Wildman–Crippen LogP) is -0.257. The molecule has 0 aliphatic carbocycles. The highest BCUT2D eigenvalue weighted by molar-refractivity contribution is 5.26. The van der Waals surface area contributed by atoms with Crippen LogP contribution >= 0.6 is 0 Å². The van der Waals surface area contributed by atoms with Gasteiger partial charge in [0.25, 0.3) is 0 Å². The van der Waals surface area contributed by atoms with Crippen LogP contribution in [-0.4, -0.2) is 22.1 Å². The fourth-order valence-corrected chi connectivity index (χ4v) is 0.714. The number of nitrogen functional groups attached to an aromatic ring is 2. The molecule has 0 aromatic carbocycles. The average Bonchev–Trinajstić information content (AvgIpc) is 2.01. The number of hydrogen-bond acceptors (Lipinski definition) is 6. The van der Waals surface area contributed by atoms with Crippen molar-refractivity contribution >= 4 is 11.9 Å². The van der Waals surface area contributed by atoms with Gasteiger partial charge in [-0.05, 0) is 6.92 Å². The minimum absolute atomic E-state index is 0.112. The third kappa shape index (κ3) is 1.79. The van der Waals surface area contributed by atoms with Crippen molar-refractivity contribution < 1.29 is 4.74 Å². The van der Waals surface area contributed by atoms with Gasteiger partial charge in [0.1, 0.15) is 6.10 Å². The van der Waals surface area contributed by atoms with Crippen molar-refractivity contribution in [2.75, 3.05) is 18.6 Å². The van der Waals surface area contributed by atoms with E-state index in [0.29, 0.717) is 5.82 Å². The number of methoxy groups -OCH3 is 1. The monoisotopic (exact) mass is 169 g/mol. The Morgan fingerprint density at radius 3 is 2.08 bits per heavy atom. The molecule has 0 aliphatic rings. The first kappa shape index (κ1) is 8.66.